The fourth-order valence-electron chi connectivity index (χ4n) is 2.85. The minimum Gasteiger partial charge on any atom is -0.0807 e. The first-order valence-electron chi connectivity index (χ1n) is 5.79. The molecule has 2 unspecified atom stereocenters. The van der Waals surface area contributed by atoms with Crippen LogP contribution in [0.1, 0.15) is 37.3 Å². The van der Waals surface area contributed by atoms with Crippen LogP contribution < -0.4 is 0 Å². The molecule has 1 aromatic carbocycles. The Balaban J connectivity index is 2.14. The summed E-state index contributed by atoms with van der Waals surface area (Å²) in [5, 5.41) is 0. The smallest absolute Gasteiger partial charge is 0.0449 e. The average molecular weight is 275 g/mol. The lowest BCUT2D eigenvalue weighted by Gasteiger charge is -2.25. The van der Waals surface area contributed by atoms with Crippen LogP contribution in [0.25, 0.3) is 5.57 Å². The predicted molar refractivity (Wildman–Crippen MR) is 72.9 cm³/mol. The molecule has 0 fully saturated rings. The summed E-state index contributed by atoms with van der Waals surface area (Å²) in [6.07, 6.45) is 5.69. The summed E-state index contributed by atoms with van der Waals surface area (Å²) in [4.78, 5) is 0. The van der Waals surface area contributed by atoms with Crippen LogP contribution in [-0.2, 0) is 0 Å². The number of hydrogen-bond donors (Lipinski definition) is 0. The number of halogens is 1. The Morgan fingerprint density at radius 2 is 2.06 bits per heavy atom. The van der Waals surface area contributed by atoms with Gasteiger partial charge in [-0.1, -0.05) is 64.8 Å². The topological polar surface area (TPSA) is 0 Å². The van der Waals surface area contributed by atoms with Crippen LogP contribution >= 0.6 is 15.9 Å². The molecule has 0 saturated heterocycles. The Labute approximate surface area is 105 Å². The normalized spacial score (nSPS) is 31.6. The molecule has 0 aromatic heterocycles. The minimum atomic E-state index is 0.141. The number of alkyl halides is 1. The molecular formula is C15H15Br. The van der Waals surface area contributed by atoms with Gasteiger partial charge in [-0.3, -0.25) is 0 Å². The van der Waals surface area contributed by atoms with Gasteiger partial charge in [-0.05, 0) is 30.0 Å². The fourth-order valence-corrected chi connectivity index (χ4v) is 3.28. The second kappa shape index (κ2) is 3.33. The van der Waals surface area contributed by atoms with E-state index in [1.54, 1.807) is 5.57 Å². The maximum Gasteiger partial charge on any atom is 0.0449 e. The molecule has 82 valence electrons. The zero-order valence-corrected chi connectivity index (χ0v) is 11.2. The minimum absolute atomic E-state index is 0.141. The van der Waals surface area contributed by atoms with Crippen molar-refractivity contribution in [3.05, 3.63) is 53.1 Å². The van der Waals surface area contributed by atoms with Crippen LogP contribution in [0, 0.1) is 0 Å². The molecule has 2 atom stereocenters. The molecule has 0 saturated carbocycles. The Morgan fingerprint density at radius 1 is 1.31 bits per heavy atom. The summed E-state index contributed by atoms with van der Waals surface area (Å²) < 4.78 is 0.141. The van der Waals surface area contributed by atoms with Crippen molar-refractivity contribution >= 4 is 21.5 Å². The molecular weight excluding hydrogens is 260 g/mol. The first kappa shape index (κ1) is 10.3. The molecule has 3 rings (SSSR count). The molecule has 0 aliphatic heterocycles. The van der Waals surface area contributed by atoms with Crippen molar-refractivity contribution in [2.75, 3.05) is 0 Å². The predicted octanol–water partition coefficient (Wildman–Crippen LogP) is 4.67. The maximum atomic E-state index is 3.78. The molecule has 0 heterocycles. The van der Waals surface area contributed by atoms with E-state index in [1.807, 2.05) is 0 Å². The third-order valence-corrected chi connectivity index (χ3v) is 4.26. The molecule has 0 amide bonds. The highest BCUT2D eigenvalue weighted by atomic mass is 79.9. The van der Waals surface area contributed by atoms with Gasteiger partial charge in [0.1, 0.15) is 0 Å². The lowest BCUT2D eigenvalue weighted by Crippen LogP contribution is -2.16. The van der Waals surface area contributed by atoms with Crippen molar-refractivity contribution < 1.29 is 0 Å². The summed E-state index contributed by atoms with van der Waals surface area (Å²) in [6.45, 7) is 4.56. The first-order valence-corrected chi connectivity index (χ1v) is 6.58. The van der Waals surface area contributed by atoms with Crippen LogP contribution in [-0.4, -0.2) is 4.32 Å². The quantitative estimate of drug-likeness (QED) is 0.603. The summed E-state index contributed by atoms with van der Waals surface area (Å²) in [5.74, 6) is 0.577. The second-order valence-electron chi connectivity index (χ2n) is 5.04. The number of allylic oxidation sites excluding steroid dienone is 4. The maximum absolute atomic E-state index is 3.78. The standard InChI is InChI=1S/C15H15Br/c1-10-11-5-3-4-6-12(11)13-7-8-15(2,16)9-14(10)13/h3-8,10H,9H2,1-2H3. The van der Waals surface area contributed by atoms with Crippen LogP contribution in [0.3, 0.4) is 0 Å². The van der Waals surface area contributed by atoms with E-state index in [2.05, 4.69) is 66.2 Å². The lowest BCUT2D eigenvalue weighted by molar-refractivity contribution is 0.730. The van der Waals surface area contributed by atoms with E-state index in [9.17, 15) is 0 Å². The van der Waals surface area contributed by atoms with Crippen molar-refractivity contribution in [1.29, 1.82) is 0 Å². The molecule has 0 bridgehead atoms. The Hall–Kier alpha value is -0.820. The summed E-state index contributed by atoms with van der Waals surface area (Å²) in [7, 11) is 0. The summed E-state index contributed by atoms with van der Waals surface area (Å²) in [6, 6.07) is 8.79. The largest absolute Gasteiger partial charge is 0.0807 e. The molecule has 0 N–H and O–H groups in total. The number of benzene rings is 1. The van der Waals surface area contributed by atoms with E-state index in [-0.39, 0.29) is 4.32 Å². The molecule has 16 heavy (non-hydrogen) atoms. The van der Waals surface area contributed by atoms with Gasteiger partial charge in [0.15, 0.2) is 0 Å². The molecule has 0 nitrogen and oxygen atoms in total. The summed E-state index contributed by atoms with van der Waals surface area (Å²) >= 11 is 3.78. The monoisotopic (exact) mass is 274 g/mol. The zero-order chi connectivity index (χ0) is 11.3. The van der Waals surface area contributed by atoms with Crippen molar-refractivity contribution in [3.63, 3.8) is 0 Å². The van der Waals surface area contributed by atoms with E-state index >= 15 is 0 Å². The van der Waals surface area contributed by atoms with Gasteiger partial charge in [-0.25, -0.2) is 0 Å². The van der Waals surface area contributed by atoms with E-state index in [0.29, 0.717) is 5.92 Å². The Kier molecular flexibility index (Phi) is 2.16. The van der Waals surface area contributed by atoms with Gasteiger partial charge < -0.3 is 0 Å². The van der Waals surface area contributed by atoms with Gasteiger partial charge in [0.05, 0.1) is 0 Å². The van der Waals surface area contributed by atoms with Crippen LogP contribution in [0.5, 0.6) is 0 Å². The molecule has 0 spiro atoms. The molecule has 2 aliphatic rings. The number of rotatable bonds is 0. The van der Waals surface area contributed by atoms with Crippen molar-refractivity contribution in [2.45, 2.75) is 30.5 Å². The van der Waals surface area contributed by atoms with Gasteiger partial charge >= 0.3 is 0 Å². The van der Waals surface area contributed by atoms with Crippen molar-refractivity contribution in [3.8, 4) is 0 Å². The SMILES string of the molecule is CC1C2=C(C=CC(C)(Br)C2)c2ccccc21. The van der Waals surface area contributed by atoms with Crippen molar-refractivity contribution in [1.82, 2.24) is 0 Å². The third-order valence-electron chi connectivity index (χ3n) is 3.72. The zero-order valence-electron chi connectivity index (χ0n) is 9.63. The number of fused-ring (bicyclic) bond motifs is 2. The van der Waals surface area contributed by atoms with Crippen LogP contribution in [0.15, 0.2) is 42.0 Å². The molecule has 1 heteroatoms. The Bertz CT molecular complexity index is 506. The molecule has 2 aliphatic carbocycles. The number of hydrogen-bond acceptors (Lipinski definition) is 0. The highest BCUT2D eigenvalue weighted by molar-refractivity contribution is 9.10. The molecule has 0 radical (unpaired) electrons. The summed E-state index contributed by atoms with van der Waals surface area (Å²) in [5.41, 5.74) is 5.97. The highest BCUT2D eigenvalue weighted by Gasteiger charge is 2.33. The van der Waals surface area contributed by atoms with E-state index in [0.717, 1.165) is 6.42 Å². The van der Waals surface area contributed by atoms with Gasteiger partial charge in [-0.2, -0.15) is 0 Å². The van der Waals surface area contributed by atoms with Gasteiger partial charge in [0.25, 0.3) is 0 Å². The second-order valence-corrected chi connectivity index (χ2v) is 6.85. The van der Waals surface area contributed by atoms with E-state index < -0.39 is 0 Å². The van der Waals surface area contributed by atoms with Crippen LogP contribution in [0.4, 0.5) is 0 Å². The molecule has 1 aromatic rings. The van der Waals surface area contributed by atoms with Gasteiger partial charge in [0.2, 0.25) is 0 Å². The first-order chi connectivity index (χ1) is 7.58. The Morgan fingerprint density at radius 3 is 2.88 bits per heavy atom. The fraction of sp³-hybridized carbons (Fsp3) is 0.333. The average Bonchev–Trinajstić information content (AvgIpc) is 2.52. The highest BCUT2D eigenvalue weighted by Crippen LogP contribution is 2.49. The van der Waals surface area contributed by atoms with E-state index in [1.165, 1.54) is 16.7 Å². The van der Waals surface area contributed by atoms with Crippen LogP contribution in [0.2, 0.25) is 0 Å². The van der Waals surface area contributed by atoms with Gasteiger partial charge in [-0.15, -0.1) is 0 Å². The third kappa shape index (κ3) is 1.41. The lowest BCUT2D eigenvalue weighted by atomic mass is 9.87. The van der Waals surface area contributed by atoms with Crippen molar-refractivity contribution in [2.24, 2.45) is 0 Å². The van der Waals surface area contributed by atoms with Gasteiger partial charge in [0, 0.05) is 10.2 Å². The van der Waals surface area contributed by atoms with E-state index in [4.69, 9.17) is 0 Å².